The molecule has 2 aromatic rings. The van der Waals surface area contributed by atoms with Gasteiger partial charge in [-0.15, -0.1) is 0 Å². The number of rotatable bonds is 3. The fourth-order valence-corrected chi connectivity index (χ4v) is 3.11. The maximum atomic E-state index is 12.4. The van der Waals surface area contributed by atoms with Crippen molar-refractivity contribution in [3.63, 3.8) is 0 Å². The molecule has 4 nitrogen and oxygen atoms in total. The van der Waals surface area contributed by atoms with Gasteiger partial charge in [-0.2, -0.15) is 0 Å². The van der Waals surface area contributed by atoms with Crippen LogP contribution in [0.2, 0.25) is 0 Å². The van der Waals surface area contributed by atoms with Crippen molar-refractivity contribution in [1.29, 1.82) is 0 Å². The highest BCUT2D eigenvalue weighted by Gasteiger charge is 2.23. The summed E-state index contributed by atoms with van der Waals surface area (Å²) < 4.78 is 0.952. The topological polar surface area (TPSA) is 45.2 Å². The first-order chi connectivity index (χ1) is 10.1. The van der Waals surface area contributed by atoms with E-state index in [9.17, 15) is 4.79 Å². The smallest absolute Gasteiger partial charge is 0.244 e. The Morgan fingerprint density at radius 3 is 2.90 bits per heavy atom. The molecule has 0 saturated carbocycles. The van der Waals surface area contributed by atoms with Gasteiger partial charge in [0.1, 0.15) is 6.04 Å². The van der Waals surface area contributed by atoms with Gasteiger partial charge in [-0.1, -0.05) is 12.1 Å². The van der Waals surface area contributed by atoms with Crippen molar-refractivity contribution in [3.05, 3.63) is 34.9 Å². The summed E-state index contributed by atoms with van der Waals surface area (Å²) in [5.74, 6) is 0.168. The van der Waals surface area contributed by atoms with Gasteiger partial charge >= 0.3 is 0 Å². The van der Waals surface area contributed by atoms with Crippen molar-refractivity contribution < 1.29 is 4.79 Å². The van der Waals surface area contributed by atoms with E-state index in [-0.39, 0.29) is 11.9 Å². The molecule has 0 aliphatic carbocycles. The molecule has 0 bridgehead atoms. The Bertz CT molecular complexity index is 668. The number of pyridine rings is 1. The van der Waals surface area contributed by atoms with Crippen LogP contribution in [0.1, 0.15) is 19.8 Å². The van der Waals surface area contributed by atoms with Crippen LogP contribution in [0.5, 0.6) is 0 Å². The Hall–Kier alpha value is -1.62. The summed E-state index contributed by atoms with van der Waals surface area (Å²) in [7, 11) is 0. The lowest BCUT2D eigenvalue weighted by Crippen LogP contribution is -2.39. The number of carbonyl (C=O) groups excluding carboxylic acids is 1. The number of hydrogen-bond donors (Lipinski definition) is 1. The van der Waals surface area contributed by atoms with E-state index in [0.29, 0.717) is 0 Å². The molecular weight excluding hydrogens is 330 g/mol. The van der Waals surface area contributed by atoms with E-state index in [1.807, 2.05) is 36.1 Å². The van der Waals surface area contributed by atoms with E-state index in [2.05, 4.69) is 26.2 Å². The lowest BCUT2D eigenvalue weighted by Gasteiger charge is -2.22. The Morgan fingerprint density at radius 1 is 1.38 bits per heavy atom. The molecule has 110 valence electrons. The molecule has 1 fully saturated rings. The standard InChI is InChI=1S/C16H18BrN3O/c1-11(16(21)20-7-2-3-8-20)19-14-6-4-5-12-9-13(17)10-18-15(12)14/h4-6,9-11,19H,2-3,7-8H2,1H3. The third kappa shape index (κ3) is 3.02. The molecule has 0 radical (unpaired) electrons. The average molecular weight is 348 g/mol. The highest BCUT2D eigenvalue weighted by Crippen LogP contribution is 2.24. The summed E-state index contributed by atoms with van der Waals surface area (Å²) in [5.41, 5.74) is 1.79. The Morgan fingerprint density at radius 2 is 2.14 bits per heavy atom. The van der Waals surface area contributed by atoms with Crippen molar-refractivity contribution >= 4 is 38.4 Å². The zero-order valence-corrected chi connectivity index (χ0v) is 13.6. The number of nitrogens with zero attached hydrogens (tertiary/aromatic N) is 2. The van der Waals surface area contributed by atoms with Gasteiger partial charge < -0.3 is 10.2 Å². The Labute approximate surface area is 132 Å². The first-order valence-electron chi connectivity index (χ1n) is 7.25. The second-order valence-electron chi connectivity index (χ2n) is 5.43. The number of para-hydroxylation sites is 1. The van der Waals surface area contributed by atoms with Gasteiger partial charge in [0.15, 0.2) is 0 Å². The Kier molecular flexibility index (Phi) is 4.10. The van der Waals surface area contributed by atoms with E-state index in [4.69, 9.17) is 0 Å². The van der Waals surface area contributed by atoms with Gasteiger partial charge in [0, 0.05) is 29.1 Å². The lowest BCUT2D eigenvalue weighted by atomic mass is 10.1. The first-order valence-corrected chi connectivity index (χ1v) is 8.04. The third-order valence-corrected chi connectivity index (χ3v) is 4.27. The van der Waals surface area contributed by atoms with E-state index >= 15 is 0 Å². The summed E-state index contributed by atoms with van der Waals surface area (Å²) in [6.45, 7) is 3.68. The summed E-state index contributed by atoms with van der Waals surface area (Å²) in [6.07, 6.45) is 4.01. The number of amides is 1. The molecule has 2 heterocycles. The van der Waals surface area contributed by atoms with Crippen LogP contribution in [0.25, 0.3) is 10.9 Å². The number of aromatic nitrogens is 1. The number of likely N-dealkylation sites (tertiary alicyclic amines) is 1. The van der Waals surface area contributed by atoms with Crippen LogP contribution >= 0.6 is 15.9 Å². The molecular formula is C16H18BrN3O. The monoisotopic (exact) mass is 347 g/mol. The van der Waals surface area contributed by atoms with Crippen molar-refractivity contribution in [2.45, 2.75) is 25.8 Å². The molecule has 1 aromatic heterocycles. The normalized spacial score (nSPS) is 16.2. The largest absolute Gasteiger partial charge is 0.372 e. The number of halogens is 1. The van der Waals surface area contributed by atoms with Gasteiger partial charge in [0.2, 0.25) is 5.91 Å². The molecule has 1 N–H and O–H groups in total. The molecule has 5 heteroatoms. The van der Waals surface area contributed by atoms with Gasteiger partial charge in [0.25, 0.3) is 0 Å². The van der Waals surface area contributed by atoms with Crippen molar-refractivity contribution in [3.8, 4) is 0 Å². The quantitative estimate of drug-likeness (QED) is 0.925. The molecule has 1 aromatic carbocycles. The number of fused-ring (bicyclic) bond motifs is 1. The van der Waals surface area contributed by atoms with Crippen molar-refractivity contribution in [2.24, 2.45) is 0 Å². The molecule has 1 aliphatic heterocycles. The zero-order valence-electron chi connectivity index (χ0n) is 12.0. The SMILES string of the molecule is CC(Nc1cccc2cc(Br)cnc12)C(=O)N1CCCC1. The molecule has 1 unspecified atom stereocenters. The second kappa shape index (κ2) is 6.02. The lowest BCUT2D eigenvalue weighted by molar-refractivity contribution is -0.130. The molecule has 21 heavy (non-hydrogen) atoms. The molecule has 3 rings (SSSR count). The molecule has 0 spiro atoms. The van der Waals surface area contributed by atoms with Crippen LogP contribution in [-0.2, 0) is 4.79 Å². The van der Waals surface area contributed by atoms with Crippen molar-refractivity contribution in [1.82, 2.24) is 9.88 Å². The van der Waals surface area contributed by atoms with E-state index in [1.54, 1.807) is 6.20 Å². The number of hydrogen-bond acceptors (Lipinski definition) is 3. The summed E-state index contributed by atoms with van der Waals surface area (Å²) in [4.78, 5) is 18.8. The average Bonchev–Trinajstić information content (AvgIpc) is 3.00. The van der Waals surface area contributed by atoms with Crippen LogP contribution in [0.3, 0.4) is 0 Å². The Balaban J connectivity index is 1.82. The van der Waals surface area contributed by atoms with Crippen molar-refractivity contribution in [2.75, 3.05) is 18.4 Å². The molecule has 1 aliphatic rings. The second-order valence-corrected chi connectivity index (χ2v) is 6.34. The first kappa shape index (κ1) is 14.3. The summed E-state index contributed by atoms with van der Waals surface area (Å²) >= 11 is 3.43. The maximum absolute atomic E-state index is 12.4. The number of nitrogens with one attached hydrogen (secondary N) is 1. The summed E-state index contributed by atoms with van der Waals surface area (Å²) in [6, 6.07) is 7.76. The zero-order chi connectivity index (χ0) is 14.8. The van der Waals surface area contributed by atoms with E-state index < -0.39 is 0 Å². The van der Waals surface area contributed by atoms with Gasteiger partial charge in [0.05, 0.1) is 11.2 Å². The van der Waals surface area contributed by atoms with Crippen LogP contribution in [-0.4, -0.2) is 34.9 Å². The predicted octanol–water partition coefficient (Wildman–Crippen LogP) is 3.42. The van der Waals surface area contributed by atoms with Gasteiger partial charge in [-0.3, -0.25) is 9.78 Å². The van der Waals surface area contributed by atoms with Gasteiger partial charge in [-0.05, 0) is 47.8 Å². The fourth-order valence-electron chi connectivity index (χ4n) is 2.76. The van der Waals surface area contributed by atoms with E-state index in [0.717, 1.165) is 47.0 Å². The predicted molar refractivity (Wildman–Crippen MR) is 88.3 cm³/mol. The minimum Gasteiger partial charge on any atom is -0.372 e. The number of anilines is 1. The third-order valence-electron chi connectivity index (χ3n) is 3.84. The highest BCUT2D eigenvalue weighted by atomic mass is 79.9. The maximum Gasteiger partial charge on any atom is 0.244 e. The highest BCUT2D eigenvalue weighted by molar-refractivity contribution is 9.10. The van der Waals surface area contributed by atoms with E-state index in [1.165, 1.54) is 0 Å². The number of carbonyl (C=O) groups is 1. The molecule has 1 saturated heterocycles. The molecule has 1 atom stereocenters. The van der Waals surface area contributed by atoms with Crippen LogP contribution in [0, 0.1) is 0 Å². The number of benzene rings is 1. The van der Waals surface area contributed by atoms with Crippen LogP contribution < -0.4 is 5.32 Å². The van der Waals surface area contributed by atoms with Gasteiger partial charge in [-0.25, -0.2) is 0 Å². The van der Waals surface area contributed by atoms with Crippen LogP contribution in [0.15, 0.2) is 34.9 Å². The minimum atomic E-state index is -0.237. The van der Waals surface area contributed by atoms with Crippen LogP contribution in [0.4, 0.5) is 5.69 Å². The fraction of sp³-hybridized carbons (Fsp3) is 0.375. The minimum absolute atomic E-state index is 0.168. The molecule has 1 amide bonds. The summed E-state index contributed by atoms with van der Waals surface area (Å²) in [5, 5.41) is 4.36.